The largest absolute Gasteiger partial charge is 0.380 e. The van der Waals surface area contributed by atoms with Crippen molar-refractivity contribution in [1.29, 1.82) is 0 Å². The number of rotatable bonds is 8. The average Bonchev–Trinajstić information content (AvgIpc) is 2.61. The standard InChI is InChI=1S/C14H28N4O/c1-12-7-18(17-16-12)9-14(4,5)11-19-10-13(2,3)8-15-6/h7,15H,8-11H2,1-6H3. The van der Waals surface area contributed by atoms with E-state index in [-0.39, 0.29) is 10.8 Å². The Morgan fingerprint density at radius 1 is 1.21 bits per heavy atom. The lowest BCUT2D eigenvalue weighted by Crippen LogP contribution is -2.34. The van der Waals surface area contributed by atoms with Crippen molar-refractivity contribution in [3.8, 4) is 0 Å². The van der Waals surface area contributed by atoms with Gasteiger partial charge in [-0.1, -0.05) is 32.9 Å². The smallest absolute Gasteiger partial charge is 0.0796 e. The zero-order valence-corrected chi connectivity index (χ0v) is 13.2. The summed E-state index contributed by atoms with van der Waals surface area (Å²) in [4.78, 5) is 0. The van der Waals surface area contributed by atoms with E-state index in [1.54, 1.807) is 0 Å². The Morgan fingerprint density at radius 3 is 2.37 bits per heavy atom. The molecule has 5 nitrogen and oxygen atoms in total. The lowest BCUT2D eigenvalue weighted by molar-refractivity contribution is 0.00888. The molecule has 0 amide bonds. The van der Waals surface area contributed by atoms with Crippen molar-refractivity contribution in [3.63, 3.8) is 0 Å². The quantitative estimate of drug-likeness (QED) is 0.782. The van der Waals surface area contributed by atoms with Gasteiger partial charge in [-0.15, -0.1) is 5.10 Å². The summed E-state index contributed by atoms with van der Waals surface area (Å²) >= 11 is 0. The molecule has 110 valence electrons. The molecule has 1 N–H and O–H groups in total. The molecule has 0 saturated heterocycles. The molecule has 0 aliphatic heterocycles. The number of hydrogen-bond donors (Lipinski definition) is 1. The summed E-state index contributed by atoms with van der Waals surface area (Å²) in [5.74, 6) is 0. The molecule has 5 heteroatoms. The third kappa shape index (κ3) is 6.16. The zero-order valence-electron chi connectivity index (χ0n) is 13.2. The maximum atomic E-state index is 5.89. The second kappa shape index (κ2) is 6.48. The molecule has 0 saturated carbocycles. The third-order valence-electron chi connectivity index (χ3n) is 2.88. The molecule has 1 aromatic rings. The van der Waals surface area contributed by atoms with Crippen molar-refractivity contribution in [1.82, 2.24) is 20.3 Å². The van der Waals surface area contributed by atoms with E-state index in [0.717, 1.165) is 32.0 Å². The monoisotopic (exact) mass is 268 g/mol. The molecular weight excluding hydrogens is 240 g/mol. The van der Waals surface area contributed by atoms with E-state index >= 15 is 0 Å². The van der Waals surface area contributed by atoms with Crippen LogP contribution in [-0.4, -0.2) is 41.8 Å². The molecule has 0 aliphatic rings. The normalized spacial score (nSPS) is 12.9. The summed E-state index contributed by atoms with van der Waals surface area (Å²) in [7, 11) is 1.97. The minimum absolute atomic E-state index is 0.0515. The highest BCUT2D eigenvalue weighted by Crippen LogP contribution is 2.21. The Bertz CT molecular complexity index is 385. The van der Waals surface area contributed by atoms with Gasteiger partial charge in [0.25, 0.3) is 0 Å². The van der Waals surface area contributed by atoms with Crippen LogP contribution >= 0.6 is 0 Å². The number of nitrogens with one attached hydrogen (secondary N) is 1. The van der Waals surface area contributed by atoms with Crippen molar-refractivity contribution in [2.24, 2.45) is 10.8 Å². The van der Waals surface area contributed by atoms with E-state index in [4.69, 9.17) is 4.74 Å². The van der Waals surface area contributed by atoms with Crippen molar-refractivity contribution in [3.05, 3.63) is 11.9 Å². The van der Waals surface area contributed by atoms with Crippen molar-refractivity contribution >= 4 is 0 Å². The summed E-state index contributed by atoms with van der Waals surface area (Å²) in [6, 6.07) is 0. The zero-order chi connectivity index (χ0) is 14.5. The lowest BCUT2D eigenvalue weighted by Gasteiger charge is -2.28. The van der Waals surface area contributed by atoms with Gasteiger partial charge in [-0.2, -0.15) is 0 Å². The van der Waals surface area contributed by atoms with Crippen LogP contribution in [0.1, 0.15) is 33.4 Å². The second-order valence-electron chi connectivity index (χ2n) is 6.91. The van der Waals surface area contributed by atoms with Crippen LogP contribution in [0.4, 0.5) is 0 Å². The summed E-state index contributed by atoms with van der Waals surface area (Å²) < 4.78 is 7.78. The van der Waals surface area contributed by atoms with Crippen molar-refractivity contribution < 1.29 is 4.74 Å². The number of ether oxygens (including phenoxy) is 1. The maximum absolute atomic E-state index is 5.89. The lowest BCUT2D eigenvalue weighted by atomic mass is 9.93. The van der Waals surface area contributed by atoms with Crippen LogP contribution in [0.25, 0.3) is 0 Å². The van der Waals surface area contributed by atoms with Gasteiger partial charge in [0, 0.05) is 30.1 Å². The first-order valence-electron chi connectivity index (χ1n) is 6.83. The van der Waals surface area contributed by atoms with E-state index in [1.807, 2.05) is 24.9 Å². The van der Waals surface area contributed by atoms with Gasteiger partial charge < -0.3 is 10.1 Å². The Hall–Kier alpha value is -0.940. The Balaban J connectivity index is 2.38. The van der Waals surface area contributed by atoms with Gasteiger partial charge in [-0.3, -0.25) is 4.68 Å². The van der Waals surface area contributed by atoms with Crippen LogP contribution in [0.2, 0.25) is 0 Å². The topological polar surface area (TPSA) is 52.0 Å². The SMILES string of the molecule is CNCC(C)(C)COCC(C)(C)Cn1cc(C)nn1. The predicted octanol–water partition coefficient (Wildman–Crippen LogP) is 1.87. The van der Waals surface area contributed by atoms with Gasteiger partial charge in [0.1, 0.15) is 0 Å². The van der Waals surface area contributed by atoms with Crippen LogP contribution < -0.4 is 5.32 Å². The van der Waals surface area contributed by atoms with Gasteiger partial charge in [-0.25, -0.2) is 0 Å². The molecule has 1 aromatic heterocycles. The Morgan fingerprint density at radius 2 is 1.84 bits per heavy atom. The van der Waals surface area contributed by atoms with Gasteiger partial charge in [0.05, 0.1) is 18.9 Å². The molecule has 0 spiro atoms. The highest BCUT2D eigenvalue weighted by Gasteiger charge is 2.23. The number of aromatic nitrogens is 3. The fourth-order valence-electron chi connectivity index (χ4n) is 2.09. The van der Waals surface area contributed by atoms with E-state index in [9.17, 15) is 0 Å². The Labute approximate surface area is 116 Å². The first kappa shape index (κ1) is 16.1. The fraction of sp³-hybridized carbons (Fsp3) is 0.857. The highest BCUT2D eigenvalue weighted by atomic mass is 16.5. The van der Waals surface area contributed by atoms with Gasteiger partial charge in [0.15, 0.2) is 0 Å². The third-order valence-corrected chi connectivity index (χ3v) is 2.88. The predicted molar refractivity (Wildman–Crippen MR) is 77.1 cm³/mol. The van der Waals surface area contributed by atoms with E-state index in [2.05, 4.69) is 43.3 Å². The fourth-order valence-corrected chi connectivity index (χ4v) is 2.09. The average molecular weight is 268 g/mol. The number of hydrogen-bond acceptors (Lipinski definition) is 4. The van der Waals surface area contributed by atoms with Crippen LogP contribution in [0.15, 0.2) is 6.20 Å². The number of aryl methyl sites for hydroxylation is 1. The molecule has 0 unspecified atom stereocenters. The summed E-state index contributed by atoms with van der Waals surface area (Å²) in [5.41, 5.74) is 1.16. The summed E-state index contributed by atoms with van der Waals surface area (Å²) in [5, 5.41) is 11.3. The van der Waals surface area contributed by atoms with Crippen LogP contribution in [0, 0.1) is 17.8 Å². The first-order chi connectivity index (χ1) is 8.74. The molecule has 0 fully saturated rings. The van der Waals surface area contributed by atoms with Crippen molar-refractivity contribution in [2.75, 3.05) is 26.8 Å². The Kier molecular flexibility index (Phi) is 5.50. The summed E-state index contributed by atoms with van der Waals surface area (Å²) in [6.45, 7) is 14.0. The minimum Gasteiger partial charge on any atom is -0.380 e. The molecule has 0 aliphatic carbocycles. The molecule has 0 bridgehead atoms. The van der Waals surface area contributed by atoms with Crippen molar-refractivity contribution in [2.45, 2.75) is 41.2 Å². The van der Waals surface area contributed by atoms with E-state index < -0.39 is 0 Å². The first-order valence-corrected chi connectivity index (χ1v) is 6.83. The minimum atomic E-state index is 0.0515. The number of nitrogens with zero attached hydrogens (tertiary/aromatic N) is 3. The highest BCUT2D eigenvalue weighted by molar-refractivity contribution is 4.87. The second-order valence-corrected chi connectivity index (χ2v) is 6.91. The maximum Gasteiger partial charge on any atom is 0.0796 e. The molecule has 0 aromatic carbocycles. The molecular formula is C14H28N4O. The van der Waals surface area contributed by atoms with Crippen LogP contribution in [0.5, 0.6) is 0 Å². The molecule has 1 heterocycles. The van der Waals surface area contributed by atoms with E-state index in [0.29, 0.717) is 0 Å². The summed E-state index contributed by atoms with van der Waals surface area (Å²) in [6.07, 6.45) is 1.96. The molecule has 0 radical (unpaired) electrons. The van der Waals surface area contributed by atoms with Gasteiger partial charge >= 0.3 is 0 Å². The molecule has 0 atom stereocenters. The van der Waals surface area contributed by atoms with E-state index in [1.165, 1.54) is 0 Å². The van der Waals surface area contributed by atoms with Crippen LogP contribution in [0.3, 0.4) is 0 Å². The van der Waals surface area contributed by atoms with Crippen LogP contribution in [-0.2, 0) is 11.3 Å². The van der Waals surface area contributed by atoms with Gasteiger partial charge in [0.2, 0.25) is 0 Å². The van der Waals surface area contributed by atoms with Gasteiger partial charge in [-0.05, 0) is 14.0 Å². The molecule has 1 rings (SSSR count). The molecule has 19 heavy (non-hydrogen) atoms.